The van der Waals surface area contributed by atoms with Crippen LogP contribution in [-0.2, 0) is 0 Å². The molecule has 0 radical (unpaired) electrons. The summed E-state index contributed by atoms with van der Waals surface area (Å²) in [6.07, 6.45) is 4.77. The molecule has 0 aromatic carbocycles. The Morgan fingerprint density at radius 3 is 2.52 bits per heavy atom. The first-order valence-electron chi connectivity index (χ1n) is 7.84. The number of nitrogens with one attached hydrogen (secondary N) is 2. The van der Waals surface area contributed by atoms with Crippen LogP contribution < -0.4 is 16.6 Å². The quantitative estimate of drug-likeness (QED) is 0.474. The molecule has 1 aliphatic rings. The SMILES string of the molecule is CC(C)c1nc(NN)cc(NCC2CCCCC2CO)n1. The molecule has 1 aromatic heterocycles. The molecule has 1 fully saturated rings. The van der Waals surface area contributed by atoms with Gasteiger partial charge in [0.1, 0.15) is 17.5 Å². The standard InChI is InChI=1S/C15H27N5O/c1-10(2)15-18-13(7-14(19-15)20-16)17-8-11-5-3-4-6-12(11)9-21/h7,10-12,21H,3-6,8-9,16H2,1-2H3,(H2,17,18,19,20). The molecular weight excluding hydrogens is 266 g/mol. The normalized spacial score (nSPS) is 22.3. The van der Waals surface area contributed by atoms with Gasteiger partial charge in [-0.25, -0.2) is 15.8 Å². The Bertz CT molecular complexity index is 452. The highest BCUT2D eigenvalue weighted by Crippen LogP contribution is 2.30. The molecule has 2 atom stereocenters. The lowest BCUT2D eigenvalue weighted by molar-refractivity contribution is 0.141. The van der Waals surface area contributed by atoms with Gasteiger partial charge in [0.15, 0.2) is 0 Å². The van der Waals surface area contributed by atoms with E-state index in [0.29, 0.717) is 17.7 Å². The Morgan fingerprint density at radius 1 is 1.24 bits per heavy atom. The molecule has 6 nitrogen and oxygen atoms in total. The van der Waals surface area contributed by atoms with Crippen LogP contribution in [0.25, 0.3) is 0 Å². The first kappa shape index (κ1) is 16.0. The van der Waals surface area contributed by atoms with Crippen molar-refractivity contribution in [1.29, 1.82) is 0 Å². The van der Waals surface area contributed by atoms with Crippen molar-refractivity contribution in [2.24, 2.45) is 17.7 Å². The van der Waals surface area contributed by atoms with Gasteiger partial charge in [0.2, 0.25) is 0 Å². The molecule has 6 heteroatoms. The van der Waals surface area contributed by atoms with E-state index >= 15 is 0 Å². The number of aromatic nitrogens is 2. The van der Waals surface area contributed by atoms with Crippen molar-refractivity contribution >= 4 is 11.6 Å². The third-order valence-corrected chi connectivity index (χ3v) is 4.25. The molecule has 118 valence electrons. The zero-order valence-corrected chi connectivity index (χ0v) is 13.0. The predicted molar refractivity (Wildman–Crippen MR) is 85.0 cm³/mol. The molecule has 2 unspecified atom stereocenters. The van der Waals surface area contributed by atoms with Crippen molar-refractivity contribution in [2.45, 2.75) is 45.4 Å². The van der Waals surface area contributed by atoms with Crippen molar-refractivity contribution in [3.05, 3.63) is 11.9 Å². The molecule has 0 amide bonds. The molecule has 1 heterocycles. The summed E-state index contributed by atoms with van der Waals surface area (Å²) in [5.41, 5.74) is 2.59. The third-order valence-electron chi connectivity index (χ3n) is 4.25. The second kappa shape index (κ2) is 7.56. The topological polar surface area (TPSA) is 96.1 Å². The fourth-order valence-corrected chi connectivity index (χ4v) is 2.92. The van der Waals surface area contributed by atoms with Gasteiger partial charge in [-0.2, -0.15) is 0 Å². The first-order chi connectivity index (χ1) is 10.1. The van der Waals surface area contributed by atoms with Crippen LogP contribution in [0.2, 0.25) is 0 Å². The molecule has 2 rings (SSSR count). The zero-order chi connectivity index (χ0) is 15.2. The van der Waals surface area contributed by atoms with Crippen molar-refractivity contribution in [3.8, 4) is 0 Å². The summed E-state index contributed by atoms with van der Waals surface area (Å²) in [4.78, 5) is 8.89. The Labute approximate surface area is 126 Å². The van der Waals surface area contributed by atoms with Gasteiger partial charge >= 0.3 is 0 Å². The van der Waals surface area contributed by atoms with Gasteiger partial charge in [-0.15, -0.1) is 0 Å². The molecule has 0 bridgehead atoms. The largest absolute Gasteiger partial charge is 0.396 e. The average molecular weight is 293 g/mol. The van der Waals surface area contributed by atoms with Gasteiger partial charge in [0, 0.05) is 25.1 Å². The molecule has 5 N–H and O–H groups in total. The summed E-state index contributed by atoms with van der Waals surface area (Å²) < 4.78 is 0. The van der Waals surface area contributed by atoms with Gasteiger partial charge < -0.3 is 15.8 Å². The number of nitrogens with zero attached hydrogens (tertiary/aromatic N) is 2. The average Bonchev–Trinajstić information content (AvgIpc) is 2.52. The lowest BCUT2D eigenvalue weighted by Crippen LogP contribution is -2.29. The van der Waals surface area contributed by atoms with Gasteiger partial charge in [0.25, 0.3) is 0 Å². The Kier molecular flexibility index (Phi) is 5.76. The minimum absolute atomic E-state index is 0.249. The maximum Gasteiger partial charge on any atom is 0.145 e. The van der Waals surface area contributed by atoms with E-state index in [1.165, 1.54) is 19.3 Å². The number of hydrazine groups is 1. The summed E-state index contributed by atoms with van der Waals surface area (Å²) in [6, 6.07) is 1.82. The van der Waals surface area contributed by atoms with E-state index in [2.05, 4.69) is 34.6 Å². The van der Waals surface area contributed by atoms with Crippen molar-refractivity contribution < 1.29 is 5.11 Å². The molecule has 0 aliphatic heterocycles. The number of aliphatic hydroxyl groups excluding tert-OH is 1. The minimum Gasteiger partial charge on any atom is -0.396 e. The van der Waals surface area contributed by atoms with Crippen molar-refractivity contribution in [2.75, 3.05) is 23.9 Å². The molecule has 0 spiro atoms. The van der Waals surface area contributed by atoms with E-state index in [0.717, 1.165) is 24.6 Å². The van der Waals surface area contributed by atoms with Crippen molar-refractivity contribution in [3.63, 3.8) is 0 Å². The number of anilines is 2. The zero-order valence-electron chi connectivity index (χ0n) is 13.0. The fraction of sp³-hybridized carbons (Fsp3) is 0.733. The maximum atomic E-state index is 9.48. The van der Waals surface area contributed by atoms with Gasteiger partial charge in [-0.3, -0.25) is 0 Å². The van der Waals surface area contributed by atoms with Crippen LogP contribution >= 0.6 is 0 Å². The number of hydrogen-bond donors (Lipinski definition) is 4. The molecule has 1 saturated carbocycles. The van der Waals surface area contributed by atoms with Gasteiger partial charge in [-0.1, -0.05) is 26.7 Å². The summed E-state index contributed by atoms with van der Waals surface area (Å²) >= 11 is 0. The minimum atomic E-state index is 0.249. The highest BCUT2D eigenvalue weighted by atomic mass is 16.3. The second-order valence-corrected chi connectivity index (χ2v) is 6.16. The molecule has 0 saturated heterocycles. The Morgan fingerprint density at radius 2 is 1.90 bits per heavy atom. The van der Waals surface area contributed by atoms with Crippen LogP contribution in [0.15, 0.2) is 6.07 Å². The van der Waals surface area contributed by atoms with E-state index in [9.17, 15) is 5.11 Å². The lowest BCUT2D eigenvalue weighted by atomic mass is 9.79. The molecule has 21 heavy (non-hydrogen) atoms. The second-order valence-electron chi connectivity index (χ2n) is 6.16. The van der Waals surface area contributed by atoms with Crippen molar-refractivity contribution in [1.82, 2.24) is 9.97 Å². The van der Waals surface area contributed by atoms with Gasteiger partial charge in [-0.05, 0) is 24.7 Å². The number of hydrogen-bond acceptors (Lipinski definition) is 6. The first-order valence-corrected chi connectivity index (χ1v) is 7.84. The summed E-state index contributed by atoms with van der Waals surface area (Å²) in [6.45, 7) is 5.23. The van der Waals surface area contributed by atoms with Crippen LogP contribution in [0.4, 0.5) is 11.6 Å². The lowest BCUT2D eigenvalue weighted by Gasteiger charge is -2.30. The van der Waals surface area contributed by atoms with Gasteiger partial charge in [0.05, 0.1) is 0 Å². The number of rotatable bonds is 6. The van der Waals surface area contributed by atoms with Crippen LogP contribution in [-0.4, -0.2) is 28.2 Å². The van der Waals surface area contributed by atoms with E-state index < -0.39 is 0 Å². The molecule has 1 aliphatic carbocycles. The number of nitrogen functional groups attached to an aromatic ring is 1. The number of aliphatic hydroxyl groups is 1. The van der Waals surface area contributed by atoms with E-state index in [1.54, 1.807) is 0 Å². The summed E-state index contributed by atoms with van der Waals surface area (Å²) in [5, 5.41) is 12.9. The summed E-state index contributed by atoms with van der Waals surface area (Å²) in [5.74, 6) is 8.83. The summed E-state index contributed by atoms with van der Waals surface area (Å²) in [7, 11) is 0. The van der Waals surface area contributed by atoms with Crippen LogP contribution in [0.5, 0.6) is 0 Å². The molecule has 1 aromatic rings. The Hall–Kier alpha value is -1.40. The van der Waals surface area contributed by atoms with E-state index in [1.807, 2.05) is 6.07 Å². The molecular formula is C15H27N5O. The van der Waals surface area contributed by atoms with E-state index in [4.69, 9.17) is 5.84 Å². The monoisotopic (exact) mass is 293 g/mol. The van der Waals surface area contributed by atoms with Crippen LogP contribution in [0, 0.1) is 11.8 Å². The highest BCUT2D eigenvalue weighted by molar-refractivity contribution is 5.47. The number of nitrogens with two attached hydrogens (primary N) is 1. The fourth-order valence-electron chi connectivity index (χ4n) is 2.92. The van der Waals surface area contributed by atoms with Crippen LogP contribution in [0.3, 0.4) is 0 Å². The maximum absolute atomic E-state index is 9.48. The third kappa shape index (κ3) is 4.28. The highest BCUT2D eigenvalue weighted by Gasteiger charge is 2.24. The van der Waals surface area contributed by atoms with Crippen LogP contribution in [0.1, 0.15) is 51.3 Å². The van der Waals surface area contributed by atoms with E-state index in [-0.39, 0.29) is 12.5 Å². The predicted octanol–water partition coefficient (Wildman–Crippen LogP) is 2.10. The Balaban J connectivity index is 2.03. The smallest absolute Gasteiger partial charge is 0.145 e.